The minimum absolute atomic E-state index is 0.238. The molecule has 1 aromatic heterocycles. The molecule has 3 aliphatic rings. The van der Waals surface area contributed by atoms with Gasteiger partial charge in [-0.2, -0.15) is 5.10 Å². The highest BCUT2D eigenvalue weighted by molar-refractivity contribution is 5.79. The van der Waals surface area contributed by atoms with E-state index >= 15 is 0 Å². The molecule has 3 aliphatic heterocycles. The van der Waals surface area contributed by atoms with Crippen LogP contribution in [0.15, 0.2) is 0 Å². The second-order valence-corrected chi connectivity index (χ2v) is 9.19. The average Bonchev–Trinajstić information content (AvgIpc) is 2.92. The first-order valence-corrected chi connectivity index (χ1v) is 11.9. The number of likely N-dealkylation sites (tertiary alicyclic amines) is 2. The second kappa shape index (κ2) is 9.94. The summed E-state index contributed by atoms with van der Waals surface area (Å²) < 4.78 is 1.96. The van der Waals surface area contributed by atoms with Gasteiger partial charge in [0.2, 0.25) is 11.8 Å². The van der Waals surface area contributed by atoms with Crippen molar-refractivity contribution < 1.29 is 9.59 Å². The van der Waals surface area contributed by atoms with E-state index in [1.807, 2.05) is 21.5 Å². The summed E-state index contributed by atoms with van der Waals surface area (Å²) in [5, 5.41) is 4.73. The molecule has 0 aromatic carbocycles. The Morgan fingerprint density at radius 3 is 2.23 bits per heavy atom. The summed E-state index contributed by atoms with van der Waals surface area (Å²) >= 11 is 0. The van der Waals surface area contributed by atoms with Gasteiger partial charge in [0.1, 0.15) is 0 Å². The number of aromatic nitrogens is 2. The van der Waals surface area contributed by atoms with Crippen LogP contribution >= 0.6 is 0 Å². The smallest absolute Gasteiger partial charge is 0.237 e. The molecule has 7 nitrogen and oxygen atoms in total. The van der Waals surface area contributed by atoms with Crippen molar-refractivity contribution >= 4 is 11.8 Å². The summed E-state index contributed by atoms with van der Waals surface area (Å²) in [4.78, 5) is 31.9. The van der Waals surface area contributed by atoms with Crippen LogP contribution < -0.4 is 0 Å². The minimum Gasteiger partial charge on any atom is -0.343 e. The number of piperidine rings is 1. The lowest BCUT2D eigenvalue weighted by atomic mass is 10.0. The third kappa shape index (κ3) is 5.05. The predicted molar refractivity (Wildman–Crippen MR) is 116 cm³/mol. The van der Waals surface area contributed by atoms with Gasteiger partial charge < -0.3 is 9.80 Å². The van der Waals surface area contributed by atoms with Crippen molar-refractivity contribution in [3.63, 3.8) is 0 Å². The van der Waals surface area contributed by atoms with Gasteiger partial charge in [-0.25, -0.2) is 0 Å². The van der Waals surface area contributed by atoms with Crippen LogP contribution in [0.4, 0.5) is 0 Å². The molecule has 166 valence electrons. The van der Waals surface area contributed by atoms with Crippen LogP contribution in [-0.2, 0) is 36.0 Å². The van der Waals surface area contributed by atoms with Gasteiger partial charge in [0.05, 0.1) is 12.2 Å². The number of fused-ring (bicyclic) bond motifs is 1. The van der Waals surface area contributed by atoms with Crippen molar-refractivity contribution in [3.05, 3.63) is 17.0 Å². The summed E-state index contributed by atoms with van der Waals surface area (Å²) in [6.45, 7) is 5.84. The minimum atomic E-state index is 0.238. The van der Waals surface area contributed by atoms with Crippen LogP contribution in [-0.4, -0.2) is 75.6 Å². The largest absolute Gasteiger partial charge is 0.343 e. The third-order valence-corrected chi connectivity index (χ3v) is 7.02. The molecule has 30 heavy (non-hydrogen) atoms. The van der Waals surface area contributed by atoms with Crippen molar-refractivity contribution in [3.8, 4) is 0 Å². The van der Waals surface area contributed by atoms with Crippen LogP contribution in [0, 0.1) is 0 Å². The van der Waals surface area contributed by atoms with E-state index in [4.69, 9.17) is 5.10 Å². The molecule has 0 unspecified atom stereocenters. The molecule has 0 N–H and O–H groups in total. The van der Waals surface area contributed by atoms with Gasteiger partial charge in [0.15, 0.2) is 0 Å². The fourth-order valence-electron chi connectivity index (χ4n) is 5.20. The maximum Gasteiger partial charge on any atom is 0.237 e. The van der Waals surface area contributed by atoms with E-state index in [-0.39, 0.29) is 11.8 Å². The first-order chi connectivity index (χ1) is 14.6. The Morgan fingerprint density at radius 2 is 1.50 bits per heavy atom. The number of nitrogens with zero attached hydrogens (tertiary/aromatic N) is 5. The van der Waals surface area contributed by atoms with Gasteiger partial charge in [-0.1, -0.05) is 12.8 Å². The molecule has 2 fully saturated rings. The highest BCUT2D eigenvalue weighted by Crippen LogP contribution is 2.24. The number of amides is 2. The van der Waals surface area contributed by atoms with Crippen LogP contribution in [0.3, 0.4) is 0 Å². The lowest BCUT2D eigenvalue weighted by Crippen LogP contribution is -2.43. The summed E-state index contributed by atoms with van der Waals surface area (Å²) in [5.41, 5.74) is 3.42. The standard InChI is InChI=1S/C23H37N5O2/c1-25-21-11-16-28(23(30)18-26-12-5-2-3-6-13-26)17-19(21)20(24-25)9-10-22(29)27-14-7-4-8-15-27/h2-18H2,1H3. The maximum atomic E-state index is 13.0. The van der Waals surface area contributed by atoms with Crippen LogP contribution in [0.1, 0.15) is 68.3 Å². The Morgan fingerprint density at radius 1 is 0.833 bits per heavy atom. The molecule has 0 saturated carbocycles. The topological polar surface area (TPSA) is 61.7 Å². The average molecular weight is 416 g/mol. The SMILES string of the molecule is Cn1nc(CCC(=O)N2CCCCC2)c2c1CCN(C(=O)CN1CCCCCC1)C2. The van der Waals surface area contributed by atoms with Crippen LogP contribution in [0.25, 0.3) is 0 Å². The Hall–Kier alpha value is -1.89. The molecule has 0 bridgehead atoms. The van der Waals surface area contributed by atoms with Crippen molar-refractivity contribution in [1.82, 2.24) is 24.5 Å². The van der Waals surface area contributed by atoms with Gasteiger partial charge in [-0.05, 0) is 45.2 Å². The molecular weight excluding hydrogens is 378 g/mol. The molecule has 0 aliphatic carbocycles. The highest BCUT2D eigenvalue weighted by atomic mass is 16.2. The monoisotopic (exact) mass is 415 g/mol. The molecule has 2 amide bonds. The molecule has 0 radical (unpaired) electrons. The summed E-state index contributed by atoms with van der Waals surface area (Å²) in [7, 11) is 1.99. The summed E-state index contributed by atoms with van der Waals surface area (Å²) in [5.74, 6) is 0.487. The first-order valence-electron chi connectivity index (χ1n) is 11.9. The number of hydrogen-bond acceptors (Lipinski definition) is 4. The Kier molecular flexibility index (Phi) is 7.08. The lowest BCUT2D eigenvalue weighted by molar-refractivity contribution is -0.133. The van der Waals surface area contributed by atoms with Crippen molar-refractivity contribution in [1.29, 1.82) is 0 Å². The fraction of sp³-hybridized carbons (Fsp3) is 0.783. The molecule has 1 aromatic rings. The predicted octanol–water partition coefficient (Wildman–Crippen LogP) is 2.13. The van der Waals surface area contributed by atoms with E-state index in [0.29, 0.717) is 25.9 Å². The Labute approximate surface area is 180 Å². The zero-order valence-corrected chi connectivity index (χ0v) is 18.6. The molecule has 7 heteroatoms. The molecule has 0 atom stereocenters. The zero-order valence-electron chi connectivity index (χ0n) is 18.6. The molecule has 2 saturated heterocycles. The molecular formula is C23H37N5O2. The van der Waals surface area contributed by atoms with Gasteiger partial charge >= 0.3 is 0 Å². The number of aryl methyl sites for hydroxylation is 2. The zero-order chi connectivity index (χ0) is 20.9. The number of carbonyl (C=O) groups is 2. The highest BCUT2D eigenvalue weighted by Gasteiger charge is 2.28. The van der Waals surface area contributed by atoms with E-state index in [2.05, 4.69) is 4.90 Å². The fourth-order valence-corrected chi connectivity index (χ4v) is 5.20. The van der Waals surface area contributed by atoms with Gasteiger partial charge in [-0.3, -0.25) is 19.2 Å². The van der Waals surface area contributed by atoms with Crippen molar-refractivity contribution in [2.75, 3.05) is 39.3 Å². The van der Waals surface area contributed by atoms with Crippen molar-refractivity contribution in [2.24, 2.45) is 7.05 Å². The molecule has 4 rings (SSSR count). The first kappa shape index (κ1) is 21.3. The van der Waals surface area contributed by atoms with E-state index in [0.717, 1.165) is 57.7 Å². The Bertz CT molecular complexity index is 745. The number of rotatable bonds is 5. The van der Waals surface area contributed by atoms with Crippen molar-refractivity contribution in [2.45, 2.75) is 70.8 Å². The van der Waals surface area contributed by atoms with E-state index in [9.17, 15) is 9.59 Å². The third-order valence-electron chi connectivity index (χ3n) is 7.02. The summed E-state index contributed by atoms with van der Waals surface area (Å²) in [6, 6.07) is 0. The van der Waals surface area contributed by atoms with Crippen LogP contribution in [0.2, 0.25) is 0 Å². The second-order valence-electron chi connectivity index (χ2n) is 9.19. The molecule has 4 heterocycles. The van der Waals surface area contributed by atoms with Crippen LogP contribution in [0.5, 0.6) is 0 Å². The van der Waals surface area contributed by atoms with Gasteiger partial charge in [-0.15, -0.1) is 0 Å². The van der Waals surface area contributed by atoms with Gasteiger partial charge in [0, 0.05) is 63.7 Å². The Balaban J connectivity index is 1.36. The maximum absolute atomic E-state index is 13.0. The van der Waals surface area contributed by atoms with E-state index in [1.165, 1.54) is 43.4 Å². The number of carbonyl (C=O) groups excluding carboxylic acids is 2. The molecule has 0 spiro atoms. The quantitative estimate of drug-likeness (QED) is 0.739. The summed E-state index contributed by atoms with van der Waals surface area (Å²) in [6.07, 6.45) is 10.5. The normalized spacial score (nSPS) is 20.7. The lowest BCUT2D eigenvalue weighted by Gasteiger charge is -2.30. The van der Waals surface area contributed by atoms with E-state index < -0.39 is 0 Å². The van der Waals surface area contributed by atoms with Gasteiger partial charge in [0.25, 0.3) is 0 Å². The number of hydrogen-bond donors (Lipinski definition) is 0. The van der Waals surface area contributed by atoms with E-state index in [1.54, 1.807) is 0 Å².